The molecule has 0 spiro atoms. The van der Waals surface area contributed by atoms with Crippen molar-refractivity contribution < 1.29 is 0 Å². The minimum atomic E-state index is 0.578. The summed E-state index contributed by atoms with van der Waals surface area (Å²) in [6.07, 6.45) is 2.78. The van der Waals surface area contributed by atoms with E-state index < -0.39 is 0 Å². The lowest BCUT2D eigenvalue weighted by atomic mass is 10.2. The van der Waals surface area contributed by atoms with Crippen molar-refractivity contribution in [2.75, 3.05) is 0 Å². The van der Waals surface area contributed by atoms with Crippen molar-refractivity contribution in [2.45, 2.75) is 23.9 Å². The van der Waals surface area contributed by atoms with Gasteiger partial charge in [-0.15, -0.1) is 21.5 Å². The van der Waals surface area contributed by atoms with E-state index in [9.17, 15) is 0 Å². The maximum Gasteiger partial charge on any atom is 0.191 e. The van der Waals surface area contributed by atoms with Gasteiger partial charge in [0.15, 0.2) is 5.16 Å². The van der Waals surface area contributed by atoms with Crippen LogP contribution < -0.4 is 0 Å². The molecule has 0 saturated heterocycles. The van der Waals surface area contributed by atoms with E-state index in [1.54, 1.807) is 29.4 Å². The molecule has 0 fully saturated rings. The maximum atomic E-state index is 6.04. The lowest BCUT2D eigenvalue weighted by Crippen LogP contribution is -2.01. The highest BCUT2D eigenvalue weighted by atomic mass is 35.5. The lowest BCUT2D eigenvalue weighted by Gasteiger charge is -2.06. The second-order valence-electron chi connectivity index (χ2n) is 4.67. The molecule has 0 saturated carbocycles. The van der Waals surface area contributed by atoms with Gasteiger partial charge in [-0.3, -0.25) is 0 Å². The van der Waals surface area contributed by atoms with Gasteiger partial charge in [0.25, 0.3) is 0 Å². The van der Waals surface area contributed by atoms with Crippen molar-refractivity contribution in [1.82, 2.24) is 14.8 Å². The molecule has 114 valence electrons. The van der Waals surface area contributed by atoms with Gasteiger partial charge in [-0.2, -0.15) is 0 Å². The third kappa shape index (κ3) is 4.04. The molecule has 2 aromatic heterocycles. The molecule has 0 atom stereocenters. The van der Waals surface area contributed by atoms with Crippen LogP contribution in [0.4, 0.5) is 0 Å². The Bertz CT molecular complexity index is 741. The van der Waals surface area contributed by atoms with Crippen LogP contribution in [0.1, 0.15) is 10.4 Å². The Kier molecular flexibility index (Phi) is 5.41. The summed E-state index contributed by atoms with van der Waals surface area (Å²) in [4.78, 5) is 1.37. The Balaban J connectivity index is 1.61. The molecular formula is C15H13Cl2N3S2. The monoisotopic (exact) mass is 369 g/mol. The van der Waals surface area contributed by atoms with Gasteiger partial charge >= 0.3 is 0 Å². The molecule has 0 bridgehead atoms. The molecule has 3 aromatic rings. The number of benzene rings is 1. The van der Waals surface area contributed by atoms with E-state index in [1.807, 2.05) is 18.2 Å². The minimum Gasteiger partial charge on any atom is -0.308 e. The Morgan fingerprint density at radius 2 is 2.09 bits per heavy atom. The SMILES string of the molecule is Clc1ccc(CSc2nncn2CCc2cccs2)cc1Cl. The fourth-order valence-electron chi connectivity index (χ4n) is 1.97. The molecule has 0 radical (unpaired) electrons. The predicted molar refractivity (Wildman–Crippen MR) is 94.1 cm³/mol. The largest absolute Gasteiger partial charge is 0.308 e. The van der Waals surface area contributed by atoms with Crippen molar-refractivity contribution in [3.05, 3.63) is 62.5 Å². The zero-order valence-corrected chi connectivity index (χ0v) is 14.7. The number of thioether (sulfide) groups is 1. The maximum absolute atomic E-state index is 6.04. The summed E-state index contributed by atoms with van der Waals surface area (Å²) in [6, 6.07) is 9.92. The van der Waals surface area contributed by atoms with E-state index in [1.165, 1.54) is 4.88 Å². The van der Waals surface area contributed by atoms with Crippen LogP contribution in [0.25, 0.3) is 0 Å². The van der Waals surface area contributed by atoms with E-state index in [0.29, 0.717) is 10.0 Å². The van der Waals surface area contributed by atoms with Crippen LogP contribution in [0.5, 0.6) is 0 Å². The molecule has 1 aromatic carbocycles. The van der Waals surface area contributed by atoms with Gasteiger partial charge in [0, 0.05) is 17.2 Å². The summed E-state index contributed by atoms with van der Waals surface area (Å²) in [7, 11) is 0. The van der Waals surface area contributed by atoms with E-state index in [2.05, 4.69) is 32.3 Å². The fraction of sp³-hybridized carbons (Fsp3) is 0.200. The van der Waals surface area contributed by atoms with Gasteiger partial charge in [0.2, 0.25) is 0 Å². The summed E-state index contributed by atoms with van der Waals surface area (Å²) in [6.45, 7) is 0.886. The summed E-state index contributed by atoms with van der Waals surface area (Å²) in [5.41, 5.74) is 1.12. The summed E-state index contributed by atoms with van der Waals surface area (Å²) in [5, 5.41) is 12.4. The van der Waals surface area contributed by atoms with Crippen LogP contribution in [0.3, 0.4) is 0 Å². The van der Waals surface area contributed by atoms with Gasteiger partial charge < -0.3 is 4.57 Å². The van der Waals surface area contributed by atoms with E-state index in [0.717, 1.165) is 29.4 Å². The zero-order valence-electron chi connectivity index (χ0n) is 11.6. The molecule has 0 aliphatic heterocycles. The molecule has 3 rings (SSSR count). The summed E-state index contributed by atoms with van der Waals surface area (Å²) < 4.78 is 2.09. The van der Waals surface area contributed by atoms with Crippen molar-refractivity contribution in [3.8, 4) is 0 Å². The Morgan fingerprint density at radius 1 is 1.18 bits per heavy atom. The average Bonchev–Trinajstić information content (AvgIpc) is 3.17. The number of rotatable bonds is 6. The molecular weight excluding hydrogens is 357 g/mol. The number of halogens is 2. The van der Waals surface area contributed by atoms with Gasteiger partial charge in [-0.25, -0.2) is 0 Å². The molecule has 0 aliphatic carbocycles. The van der Waals surface area contributed by atoms with Crippen molar-refractivity contribution >= 4 is 46.3 Å². The second kappa shape index (κ2) is 7.51. The molecule has 0 amide bonds. The molecule has 0 N–H and O–H groups in total. The number of aromatic nitrogens is 3. The average molecular weight is 370 g/mol. The summed E-state index contributed by atoms with van der Waals surface area (Å²) in [5.74, 6) is 0.786. The van der Waals surface area contributed by atoms with Crippen LogP contribution >= 0.6 is 46.3 Å². The Morgan fingerprint density at radius 3 is 2.86 bits per heavy atom. The highest BCUT2D eigenvalue weighted by molar-refractivity contribution is 7.98. The highest BCUT2D eigenvalue weighted by Crippen LogP contribution is 2.27. The van der Waals surface area contributed by atoms with E-state index in [4.69, 9.17) is 23.2 Å². The first-order valence-electron chi connectivity index (χ1n) is 6.69. The fourth-order valence-corrected chi connectivity index (χ4v) is 3.88. The van der Waals surface area contributed by atoms with Gasteiger partial charge in [0.05, 0.1) is 10.0 Å². The molecule has 0 unspecified atom stereocenters. The zero-order chi connectivity index (χ0) is 15.4. The van der Waals surface area contributed by atoms with Crippen molar-refractivity contribution in [1.29, 1.82) is 0 Å². The number of hydrogen-bond donors (Lipinski definition) is 0. The third-order valence-corrected chi connectivity index (χ3v) is 5.84. The van der Waals surface area contributed by atoms with Gasteiger partial charge in [0.1, 0.15) is 6.33 Å². The van der Waals surface area contributed by atoms with Gasteiger partial charge in [-0.05, 0) is 35.6 Å². The van der Waals surface area contributed by atoms with Crippen LogP contribution in [0, 0.1) is 0 Å². The van der Waals surface area contributed by atoms with Crippen LogP contribution in [0.2, 0.25) is 10.0 Å². The minimum absolute atomic E-state index is 0.578. The Labute approximate surface area is 147 Å². The predicted octanol–water partition coefficient (Wildman–Crippen LogP) is 5.18. The van der Waals surface area contributed by atoms with Crippen LogP contribution in [-0.4, -0.2) is 14.8 Å². The first kappa shape index (κ1) is 15.9. The molecule has 22 heavy (non-hydrogen) atoms. The molecule has 7 heteroatoms. The number of hydrogen-bond acceptors (Lipinski definition) is 4. The third-order valence-electron chi connectivity index (χ3n) is 3.11. The molecule has 0 aliphatic rings. The van der Waals surface area contributed by atoms with Crippen molar-refractivity contribution in [3.63, 3.8) is 0 Å². The van der Waals surface area contributed by atoms with Crippen LogP contribution in [0.15, 0.2) is 47.2 Å². The first-order valence-corrected chi connectivity index (χ1v) is 9.31. The normalized spacial score (nSPS) is 11.0. The topological polar surface area (TPSA) is 30.7 Å². The standard InChI is InChI=1S/C15H13Cl2N3S2/c16-13-4-3-11(8-14(13)17)9-22-15-19-18-10-20(15)6-5-12-2-1-7-21-12/h1-4,7-8,10H,5-6,9H2. The smallest absolute Gasteiger partial charge is 0.191 e. The van der Waals surface area contributed by atoms with E-state index >= 15 is 0 Å². The second-order valence-corrected chi connectivity index (χ2v) is 7.46. The quantitative estimate of drug-likeness (QED) is 0.560. The lowest BCUT2D eigenvalue weighted by molar-refractivity contribution is 0.637. The Hall–Kier alpha value is -1.01. The molecule has 3 nitrogen and oxygen atoms in total. The first-order chi connectivity index (χ1) is 10.7. The van der Waals surface area contributed by atoms with Gasteiger partial charge in [-0.1, -0.05) is 47.1 Å². The van der Waals surface area contributed by atoms with E-state index in [-0.39, 0.29) is 0 Å². The highest BCUT2D eigenvalue weighted by Gasteiger charge is 2.07. The van der Waals surface area contributed by atoms with Crippen molar-refractivity contribution in [2.24, 2.45) is 0 Å². The summed E-state index contributed by atoms with van der Waals surface area (Å²) >= 11 is 15.4. The number of thiophene rings is 1. The number of aryl methyl sites for hydroxylation is 2. The number of nitrogens with zero attached hydrogens (tertiary/aromatic N) is 3. The molecule has 2 heterocycles. The van der Waals surface area contributed by atoms with Crippen LogP contribution in [-0.2, 0) is 18.7 Å².